The molecule has 236 valence electrons. The number of nitrogens with zero attached hydrogens (tertiary/aromatic N) is 3. The van der Waals surface area contributed by atoms with Crippen LogP contribution in [0.4, 0.5) is 0 Å². The van der Waals surface area contributed by atoms with Crippen molar-refractivity contribution in [3.8, 4) is 22.5 Å². The fraction of sp³-hybridized carbons (Fsp3) is 0. The lowest BCUT2D eigenvalue weighted by atomic mass is 9.98. The zero-order chi connectivity index (χ0) is 33.2. The van der Waals surface area contributed by atoms with Crippen LogP contribution >= 0.6 is 0 Å². The molecule has 0 spiro atoms. The second-order valence-electron chi connectivity index (χ2n) is 13.7. The summed E-state index contributed by atoms with van der Waals surface area (Å²) in [7, 11) is 0. The molecule has 12 rings (SSSR count). The predicted octanol–water partition coefficient (Wildman–Crippen LogP) is 12.7. The first-order valence-corrected chi connectivity index (χ1v) is 17.6. The normalized spacial score (nSPS) is 12.3. The van der Waals surface area contributed by atoms with Gasteiger partial charge in [-0.15, -0.1) is 0 Å². The molecule has 0 bridgehead atoms. The minimum Gasteiger partial charge on any atom is -0.309 e. The van der Waals surface area contributed by atoms with E-state index in [9.17, 15) is 0 Å². The Balaban J connectivity index is 1.18. The Hall–Kier alpha value is -6.84. The number of hydrogen-bond donors (Lipinski definition) is 0. The molecule has 8 aromatic carbocycles. The molecule has 0 unspecified atom stereocenters. The molecule has 0 aliphatic carbocycles. The Morgan fingerprint density at radius 1 is 0.314 bits per heavy atom. The van der Waals surface area contributed by atoms with Gasteiger partial charge in [-0.3, -0.25) is 0 Å². The third kappa shape index (κ3) is 3.47. The van der Waals surface area contributed by atoms with Crippen molar-refractivity contribution in [2.24, 2.45) is 0 Å². The molecule has 0 atom stereocenters. The van der Waals surface area contributed by atoms with Crippen molar-refractivity contribution in [2.45, 2.75) is 0 Å². The molecule has 51 heavy (non-hydrogen) atoms. The van der Waals surface area contributed by atoms with Crippen LogP contribution in [0.1, 0.15) is 0 Å². The first-order chi connectivity index (χ1) is 25.3. The molecule has 12 aromatic rings. The van der Waals surface area contributed by atoms with Crippen molar-refractivity contribution in [2.75, 3.05) is 0 Å². The van der Waals surface area contributed by atoms with E-state index in [4.69, 9.17) is 0 Å². The summed E-state index contributed by atoms with van der Waals surface area (Å²) in [5.74, 6) is 0. The van der Waals surface area contributed by atoms with Crippen LogP contribution in [-0.4, -0.2) is 13.5 Å². The van der Waals surface area contributed by atoms with E-state index in [2.05, 4.69) is 189 Å². The molecular weight excluding hydrogens is 619 g/mol. The van der Waals surface area contributed by atoms with Crippen LogP contribution in [-0.2, 0) is 0 Å². The summed E-state index contributed by atoms with van der Waals surface area (Å²) in [5, 5.41) is 10.2. The highest BCUT2D eigenvalue weighted by Gasteiger charge is 2.23. The first kappa shape index (κ1) is 27.0. The Bertz CT molecular complexity index is 3360. The van der Waals surface area contributed by atoms with Gasteiger partial charge in [0.05, 0.1) is 44.3 Å². The quantitative estimate of drug-likeness (QED) is 0.181. The summed E-state index contributed by atoms with van der Waals surface area (Å²) in [6.07, 6.45) is 0. The third-order valence-electron chi connectivity index (χ3n) is 11.2. The number of hydrogen-bond acceptors (Lipinski definition) is 0. The molecule has 0 N–H and O–H groups in total. The highest BCUT2D eigenvalue weighted by molar-refractivity contribution is 6.27. The van der Waals surface area contributed by atoms with Gasteiger partial charge in [-0.25, -0.2) is 0 Å². The van der Waals surface area contributed by atoms with Gasteiger partial charge in [-0.05, 0) is 65.7 Å². The summed E-state index contributed by atoms with van der Waals surface area (Å²) < 4.78 is 7.39. The van der Waals surface area contributed by atoms with Gasteiger partial charge >= 0.3 is 0 Å². The zero-order valence-electron chi connectivity index (χ0n) is 27.6. The van der Waals surface area contributed by atoms with Gasteiger partial charge in [-0.2, -0.15) is 0 Å². The number of fused-ring (bicyclic) bond motifs is 12. The maximum absolute atomic E-state index is 2.51. The molecule has 3 nitrogen and oxygen atoms in total. The monoisotopic (exact) mass is 647 g/mol. The average Bonchev–Trinajstić information content (AvgIpc) is 3.92. The Morgan fingerprint density at radius 2 is 0.863 bits per heavy atom. The summed E-state index contributed by atoms with van der Waals surface area (Å²) in [6.45, 7) is 0. The number of benzene rings is 8. The lowest BCUT2D eigenvalue weighted by Crippen LogP contribution is -1.95. The molecule has 0 aliphatic rings. The van der Waals surface area contributed by atoms with E-state index >= 15 is 0 Å². The molecule has 0 radical (unpaired) electrons. The number of aromatic nitrogens is 3. The van der Waals surface area contributed by atoms with Crippen molar-refractivity contribution in [1.82, 2.24) is 13.5 Å². The van der Waals surface area contributed by atoms with Crippen LogP contribution in [0.5, 0.6) is 0 Å². The summed E-state index contributed by atoms with van der Waals surface area (Å²) in [5.41, 5.74) is 13.5. The van der Waals surface area contributed by atoms with Gasteiger partial charge in [0, 0.05) is 48.8 Å². The fourth-order valence-corrected chi connectivity index (χ4v) is 9.14. The standard InChI is InChI=1S/C48H29N3/c1-2-13-31(14-3-1)49-39-20-8-4-15-33(39)35-26-25-30(29-45(35)49)32-19-12-24-43-46(32)37-17-6-10-22-41(37)50(43)44-28-27-36-34-16-5-9-21-40(34)51-42-23-11-7-18-38(42)47(44)48(36)51/h1-29H. The number of rotatable bonds is 3. The van der Waals surface area contributed by atoms with E-state index in [1.807, 2.05) is 0 Å². The van der Waals surface area contributed by atoms with Crippen molar-refractivity contribution in [1.29, 1.82) is 0 Å². The van der Waals surface area contributed by atoms with Gasteiger partial charge in [0.2, 0.25) is 0 Å². The minimum atomic E-state index is 1.17. The van der Waals surface area contributed by atoms with Crippen molar-refractivity contribution in [3.63, 3.8) is 0 Å². The molecule has 0 saturated heterocycles. The zero-order valence-corrected chi connectivity index (χ0v) is 27.6. The Kier molecular flexibility index (Phi) is 5.23. The third-order valence-corrected chi connectivity index (χ3v) is 11.2. The first-order valence-electron chi connectivity index (χ1n) is 17.6. The van der Waals surface area contributed by atoms with Crippen LogP contribution < -0.4 is 0 Å². The minimum absolute atomic E-state index is 1.17. The van der Waals surface area contributed by atoms with Gasteiger partial charge in [0.25, 0.3) is 0 Å². The molecule has 4 aromatic heterocycles. The number of para-hydroxylation sites is 5. The lowest BCUT2D eigenvalue weighted by molar-refractivity contribution is 1.18. The van der Waals surface area contributed by atoms with Gasteiger partial charge < -0.3 is 13.5 Å². The summed E-state index contributed by atoms with van der Waals surface area (Å²) in [6, 6.07) is 64.6. The van der Waals surface area contributed by atoms with E-state index in [1.165, 1.54) is 104 Å². The highest BCUT2D eigenvalue weighted by atomic mass is 15.0. The topological polar surface area (TPSA) is 14.3 Å². The summed E-state index contributed by atoms with van der Waals surface area (Å²) in [4.78, 5) is 0. The van der Waals surface area contributed by atoms with Gasteiger partial charge in [0.1, 0.15) is 0 Å². The lowest BCUT2D eigenvalue weighted by Gasteiger charge is -2.12. The molecule has 4 heterocycles. The molecule has 0 fully saturated rings. The van der Waals surface area contributed by atoms with Crippen LogP contribution in [0.2, 0.25) is 0 Å². The fourth-order valence-electron chi connectivity index (χ4n) is 9.14. The van der Waals surface area contributed by atoms with Crippen molar-refractivity contribution < 1.29 is 0 Å². The average molecular weight is 648 g/mol. The van der Waals surface area contributed by atoms with E-state index in [1.54, 1.807) is 0 Å². The maximum atomic E-state index is 2.51. The van der Waals surface area contributed by atoms with E-state index in [0.717, 1.165) is 0 Å². The smallest absolute Gasteiger partial charge is 0.0641 e. The summed E-state index contributed by atoms with van der Waals surface area (Å²) >= 11 is 0. The second kappa shape index (κ2) is 9.87. The van der Waals surface area contributed by atoms with Crippen LogP contribution in [0, 0.1) is 0 Å². The molecule has 0 aliphatic heterocycles. The van der Waals surface area contributed by atoms with E-state index < -0.39 is 0 Å². The van der Waals surface area contributed by atoms with Crippen molar-refractivity contribution >= 4 is 81.7 Å². The van der Waals surface area contributed by atoms with E-state index in [-0.39, 0.29) is 0 Å². The largest absolute Gasteiger partial charge is 0.309 e. The van der Waals surface area contributed by atoms with Crippen LogP contribution in [0.3, 0.4) is 0 Å². The van der Waals surface area contributed by atoms with Gasteiger partial charge in [-0.1, -0.05) is 121 Å². The van der Waals surface area contributed by atoms with Gasteiger partial charge in [0.15, 0.2) is 0 Å². The highest BCUT2D eigenvalue weighted by Crippen LogP contribution is 2.45. The van der Waals surface area contributed by atoms with Crippen molar-refractivity contribution in [3.05, 3.63) is 176 Å². The van der Waals surface area contributed by atoms with Crippen LogP contribution in [0.15, 0.2) is 176 Å². The van der Waals surface area contributed by atoms with Crippen LogP contribution in [0.25, 0.3) is 104 Å². The Labute approximate surface area is 292 Å². The Morgan fingerprint density at radius 3 is 1.63 bits per heavy atom. The second-order valence-corrected chi connectivity index (χ2v) is 13.7. The molecular formula is C48H29N3. The molecule has 3 heteroatoms. The maximum Gasteiger partial charge on any atom is 0.0641 e. The molecule has 0 amide bonds. The van der Waals surface area contributed by atoms with E-state index in [0.29, 0.717) is 0 Å². The predicted molar refractivity (Wildman–Crippen MR) is 215 cm³/mol. The SMILES string of the molecule is c1ccc(-n2c3ccccc3c3ccc(-c4cccc5c4c4ccccc4n5-c4ccc5c6ccccc6n6c7ccccc7c4c56)cc32)cc1. The molecule has 0 saturated carbocycles.